The van der Waals surface area contributed by atoms with Crippen LogP contribution in [0.25, 0.3) is 91.6 Å². The minimum Gasteiger partial charge on any atom is -0.276 e. The number of nitrogens with zero attached hydrogens (tertiary/aromatic N) is 3. The van der Waals surface area contributed by atoms with E-state index in [0.717, 1.165) is 33.2 Å². The van der Waals surface area contributed by atoms with Gasteiger partial charge in [-0.15, -0.1) is 11.3 Å². The lowest BCUT2D eigenvalue weighted by molar-refractivity contribution is 1.02. The summed E-state index contributed by atoms with van der Waals surface area (Å²) in [5.41, 5.74) is 5.53. The summed E-state index contributed by atoms with van der Waals surface area (Å²) in [4.78, 5) is 10.6. The highest BCUT2D eigenvalue weighted by atomic mass is 32.1. The average Bonchev–Trinajstić information content (AvgIpc) is 3.65. The molecule has 7 aromatic carbocycles. The first-order valence-corrected chi connectivity index (χ1v) is 15.9. The first-order valence-electron chi connectivity index (χ1n) is 15.1. The second-order valence-corrected chi connectivity index (χ2v) is 12.6. The number of hydrogen-bond acceptors (Lipinski definition) is 3. The van der Waals surface area contributed by atoms with Crippen molar-refractivity contribution in [1.82, 2.24) is 14.5 Å². The van der Waals surface area contributed by atoms with E-state index in [9.17, 15) is 0 Å². The minimum absolute atomic E-state index is 0.635. The summed E-state index contributed by atoms with van der Waals surface area (Å²) < 4.78 is 4.81. The van der Waals surface area contributed by atoms with Gasteiger partial charge in [0.15, 0.2) is 0 Å². The molecule has 0 saturated carbocycles. The van der Waals surface area contributed by atoms with Gasteiger partial charge >= 0.3 is 0 Å². The molecular weight excluding hydrogens is 565 g/mol. The van der Waals surface area contributed by atoms with E-state index in [2.05, 4.69) is 102 Å². The number of hydrogen-bond donors (Lipinski definition) is 0. The lowest BCUT2D eigenvalue weighted by Crippen LogP contribution is -2.09. The van der Waals surface area contributed by atoms with Gasteiger partial charge in [0.05, 0.1) is 26.9 Å². The van der Waals surface area contributed by atoms with E-state index < -0.39 is 0 Å². The standard InChI is InChI=1S/C40H22BN3S/c41-30-18-8-5-15-27(30)37-28-16-6-9-19-31(28)42-40(43-37)44-32-22-21-23-11-1-2-12-24(23)35(32)36-26-14-4-3-13-25(26)34-29-17-7-10-20-33(29)45-39(34)38(36)44/h1-22H. The molecule has 10 aromatic rings. The van der Waals surface area contributed by atoms with Crippen LogP contribution in [0.4, 0.5) is 0 Å². The highest BCUT2D eigenvalue weighted by molar-refractivity contribution is 7.27. The van der Waals surface area contributed by atoms with Gasteiger partial charge in [0.1, 0.15) is 7.85 Å². The zero-order valence-electron chi connectivity index (χ0n) is 24.0. The zero-order valence-corrected chi connectivity index (χ0v) is 24.8. The van der Waals surface area contributed by atoms with Crippen molar-refractivity contribution in [3.05, 3.63) is 133 Å². The zero-order chi connectivity index (χ0) is 29.6. The summed E-state index contributed by atoms with van der Waals surface area (Å²) >= 11 is 1.85. The Morgan fingerprint density at radius 2 is 1.20 bits per heavy atom. The van der Waals surface area contributed by atoms with Crippen LogP contribution >= 0.6 is 11.3 Å². The molecule has 0 N–H and O–H groups in total. The van der Waals surface area contributed by atoms with Crippen molar-refractivity contribution >= 4 is 99.1 Å². The van der Waals surface area contributed by atoms with Crippen molar-refractivity contribution in [3.63, 3.8) is 0 Å². The van der Waals surface area contributed by atoms with Crippen LogP contribution in [0.2, 0.25) is 0 Å². The maximum Gasteiger partial charge on any atom is 0.235 e. The van der Waals surface area contributed by atoms with Gasteiger partial charge in [-0.05, 0) is 45.3 Å². The van der Waals surface area contributed by atoms with Crippen molar-refractivity contribution in [2.75, 3.05) is 0 Å². The molecule has 0 spiro atoms. The fourth-order valence-electron chi connectivity index (χ4n) is 7.23. The summed E-state index contributed by atoms with van der Waals surface area (Å²) in [6, 6.07) is 46.9. The predicted octanol–water partition coefficient (Wildman–Crippen LogP) is 9.86. The second-order valence-electron chi connectivity index (χ2n) is 11.6. The third-order valence-corrected chi connectivity index (χ3v) is 10.3. The molecule has 0 atom stereocenters. The van der Waals surface area contributed by atoms with Crippen LogP contribution in [0.5, 0.6) is 0 Å². The van der Waals surface area contributed by atoms with E-state index in [1.54, 1.807) is 0 Å². The molecule has 0 aliphatic carbocycles. The Bertz CT molecular complexity index is 2850. The predicted molar refractivity (Wildman–Crippen MR) is 193 cm³/mol. The fourth-order valence-corrected chi connectivity index (χ4v) is 8.48. The summed E-state index contributed by atoms with van der Waals surface area (Å²) in [5, 5.41) is 10.9. The monoisotopic (exact) mass is 587 g/mol. The van der Waals surface area contributed by atoms with Gasteiger partial charge in [-0.2, -0.15) is 0 Å². The normalized spacial score (nSPS) is 12.1. The number of para-hydroxylation sites is 1. The molecule has 0 fully saturated rings. The molecule has 0 unspecified atom stereocenters. The average molecular weight is 588 g/mol. The maximum atomic E-state index is 6.57. The third kappa shape index (κ3) is 3.41. The Morgan fingerprint density at radius 3 is 2.04 bits per heavy atom. The molecule has 45 heavy (non-hydrogen) atoms. The highest BCUT2D eigenvalue weighted by Gasteiger charge is 2.24. The lowest BCUT2D eigenvalue weighted by atomic mass is 9.88. The largest absolute Gasteiger partial charge is 0.276 e. The fraction of sp³-hybridized carbons (Fsp3) is 0. The van der Waals surface area contributed by atoms with Gasteiger partial charge in [-0.25, -0.2) is 9.97 Å². The van der Waals surface area contributed by atoms with Gasteiger partial charge in [-0.3, -0.25) is 4.57 Å². The number of thiophene rings is 1. The third-order valence-electron chi connectivity index (χ3n) is 9.14. The Hall–Kier alpha value is -5.52. The Balaban J connectivity index is 1.49. The number of benzene rings is 7. The lowest BCUT2D eigenvalue weighted by Gasteiger charge is -2.14. The molecule has 0 aliphatic heterocycles. The van der Waals surface area contributed by atoms with Crippen LogP contribution in [-0.4, -0.2) is 22.4 Å². The van der Waals surface area contributed by atoms with Crippen molar-refractivity contribution in [2.45, 2.75) is 0 Å². The van der Waals surface area contributed by atoms with E-state index in [0.29, 0.717) is 11.4 Å². The van der Waals surface area contributed by atoms with E-state index in [1.165, 1.54) is 52.5 Å². The van der Waals surface area contributed by atoms with Gasteiger partial charge in [0.2, 0.25) is 5.95 Å². The summed E-state index contributed by atoms with van der Waals surface area (Å²) in [7, 11) is 6.57. The SMILES string of the molecule is [B]c1ccccc1-c1nc(-n2c3ccc4ccccc4c3c3c4ccccc4c4c5ccccc5sc4c32)nc2ccccc12. The molecule has 206 valence electrons. The highest BCUT2D eigenvalue weighted by Crippen LogP contribution is 2.49. The van der Waals surface area contributed by atoms with Crippen molar-refractivity contribution in [2.24, 2.45) is 0 Å². The van der Waals surface area contributed by atoms with Crippen LogP contribution in [-0.2, 0) is 0 Å². The molecule has 0 bridgehead atoms. The Morgan fingerprint density at radius 1 is 0.533 bits per heavy atom. The van der Waals surface area contributed by atoms with Crippen molar-refractivity contribution < 1.29 is 0 Å². The molecule has 0 saturated heterocycles. The summed E-state index contributed by atoms with van der Waals surface area (Å²) in [6.07, 6.45) is 0. The Labute approximate surface area is 263 Å². The van der Waals surface area contributed by atoms with Gasteiger partial charge < -0.3 is 0 Å². The van der Waals surface area contributed by atoms with Crippen LogP contribution in [0.1, 0.15) is 0 Å². The van der Waals surface area contributed by atoms with Crippen LogP contribution < -0.4 is 5.46 Å². The van der Waals surface area contributed by atoms with Crippen LogP contribution in [0.15, 0.2) is 133 Å². The Kier molecular flexibility index (Phi) is 5.11. The molecule has 3 heterocycles. The van der Waals surface area contributed by atoms with Gasteiger partial charge in [0, 0.05) is 31.6 Å². The number of fused-ring (bicyclic) bond motifs is 13. The van der Waals surface area contributed by atoms with E-state index in [1.807, 2.05) is 47.7 Å². The van der Waals surface area contributed by atoms with Crippen molar-refractivity contribution in [3.8, 4) is 17.2 Å². The van der Waals surface area contributed by atoms with Crippen LogP contribution in [0, 0.1) is 0 Å². The molecule has 0 aliphatic rings. The molecule has 10 rings (SSSR count). The number of rotatable bonds is 2. The second kappa shape index (κ2) is 9.24. The molecule has 3 aromatic heterocycles. The maximum absolute atomic E-state index is 6.57. The van der Waals surface area contributed by atoms with Gasteiger partial charge in [0.25, 0.3) is 0 Å². The molecular formula is C40H22BN3S. The first-order chi connectivity index (χ1) is 22.3. The molecule has 0 amide bonds. The first kappa shape index (κ1) is 24.9. The van der Waals surface area contributed by atoms with E-state index in [4.69, 9.17) is 17.8 Å². The molecule has 2 radical (unpaired) electrons. The van der Waals surface area contributed by atoms with Crippen molar-refractivity contribution in [1.29, 1.82) is 0 Å². The summed E-state index contributed by atoms with van der Waals surface area (Å²) in [6.45, 7) is 0. The van der Waals surface area contributed by atoms with Crippen LogP contribution in [0.3, 0.4) is 0 Å². The topological polar surface area (TPSA) is 30.7 Å². The smallest absolute Gasteiger partial charge is 0.235 e. The molecule has 5 heteroatoms. The quantitative estimate of drug-likeness (QED) is 0.189. The minimum atomic E-state index is 0.635. The summed E-state index contributed by atoms with van der Waals surface area (Å²) in [5.74, 6) is 0.635. The number of aromatic nitrogens is 3. The van der Waals surface area contributed by atoms with E-state index >= 15 is 0 Å². The van der Waals surface area contributed by atoms with E-state index in [-0.39, 0.29) is 0 Å². The molecule has 3 nitrogen and oxygen atoms in total. The van der Waals surface area contributed by atoms with Gasteiger partial charge in [-0.1, -0.05) is 121 Å².